The molecule has 0 aromatic heterocycles. The Balaban J connectivity index is 1.65. The Morgan fingerprint density at radius 2 is 1.72 bits per heavy atom. The quantitative estimate of drug-likeness (QED) is 0.645. The molecule has 0 radical (unpaired) electrons. The zero-order chi connectivity index (χ0) is 17.9. The molecule has 0 unspecified atom stereocenters. The number of hydrogen-bond donors (Lipinski definition) is 2. The van der Waals surface area contributed by atoms with Crippen LogP contribution in [0.1, 0.15) is 11.1 Å². The molecule has 0 aliphatic heterocycles. The SMILES string of the molecule is O=C(O)COc1cccc(CNC(=O)COCCc2ccccc2)c1. The molecule has 0 aliphatic carbocycles. The number of hydrogen-bond acceptors (Lipinski definition) is 4. The van der Waals surface area contributed by atoms with Crippen LogP contribution in [0.3, 0.4) is 0 Å². The summed E-state index contributed by atoms with van der Waals surface area (Å²) < 4.78 is 10.5. The van der Waals surface area contributed by atoms with E-state index in [9.17, 15) is 9.59 Å². The average Bonchev–Trinajstić information content (AvgIpc) is 2.63. The van der Waals surface area contributed by atoms with Crippen LogP contribution in [0.4, 0.5) is 0 Å². The van der Waals surface area contributed by atoms with E-state index in [0.29, 0.717) is 18.9 Å². The van der Waals surface area contributed by atoms with E-state index in [-0.39, 0.29) is 12.5 Å². The summed E-state index contributed by atoms with van der Waals surface area (Å²) in [5.74, 6) is -0.787. The molecule has 0 heterocycles. The van der Waals surface area contributed by atoms with E-state index < -0.39 is 12.6 Å². The van der Waals surface area contributed by atoms with Crippen LogP contribution in [-0.4, -0.2) is 36.8 Å². The Labute approximate surface area is 146 Å². The van der Waals surface area contributed by atoms with Gasteiger partial charge in [0, 0.05) is 6.54 Å². The fourth-order valence-electron chi connectivity index (χ4n) is 2.14. The number of amides is 1. The highest BCUT2D eigenvalue weighted by molar-refractivity contribution is 5.77. The van der Waals surface area contributed by atoms with Crippen molar-refractivity contribution in [2.75, 3.05) is 19.8 Å². The van der Waals surface area contributed by atoms with E-state index in [2.05, 4.69) is 5.32 Å². The van der Waals surface area contributed by atoms with Gasteiger partial charge in [0.05, 0.1) is 6.61 Å². The monoisotopic (exact) mass is 343 g/mol. The molecule has 25 heavy (non-hydrogen) atoms. The van der Waals surface area contributed by atoms with Crippen molar-refractivity contribution in [2.45, 2.75) is 13.0 Å². The number of carbonyl (C=O) groups excluding carboxylic acids is 1. The molecule has 2 rings (SSSR count). The molecule has 0 saturated carbocycles. The summed E-state index contributed by atoms with van der Waals surface area (Å²) in [5.41, 5.74) is 1.99. The van der Waals surface area contributed by atoms with Crippen molar-refractivity contribution >= 4 is 11.9 Å². The number of aliphatic carboxylic acids is 1. The van der Waals surface area contributed by atoms with Crippen LogP contribution in [0.2, 0.25) is 0 Å². The zero-order valence-corrected chi connectivity index (χ0v) is 13.8. The lowest BCUT2D eigenvalue weighted by Crippen LogP contribution is -2.27. The second-order valence-corrected chi connectivity index (χ2v) is 5.39. The topological polar surface area (TPSA) is 84.9 Å². The van der Waals surface area contributed by atoms with Crippen LogP contribution in [0.5, 0.6) is 5.75 Å². The Hall–Kier alpha value is -2.86. The Morgan fingerprint density at radius 1 is 0.960 bits per heavy atom. The van der Waals surface area contributed by atoms with Crippen LogP contribution >= 0.6 is 0 Å². The average molecular weight is 343 g/mol. The fraction of sp³-hybridized carbons (Fsp3) is 0.263. The number of benzene rings is 2. The van der Waals surface area contributed by atoms with Crippen LogP contribution in [0, 0.1) is 0 Å². The first-order valence-corrected chi connectivity index (χ1v) is 7.95. The van der Waals surface area contributed by atoms with E-state index in [0.717, 1.165) is 12.0 Å². The second-order valence-electron chi connectivity index (χ2n) is 5.39. The number of ether oxygens (including phenoxy) is 2. The molecule has 6 heteroatoms. The maximum absolute atomic E-state index is 11.8. The van der Waals surface area contributed by atoms with E-state index in [1.807, 2.05) is 36.4 Å². The molecule has 6 nitrogen and oxygen atoms in total. The van der Waals surface area contributed by atoms with Crippen molar-refractivity contribution in [2.24, 2.45) is 0 Å². The summed E-state index contributed by atoms with van der Waals surface area (Å²) in [7, 11) is 0. The van der Waals surface area contributed by atoms with Gasteiger partial charge < -0.3 is 19.9 Å². The summed E-state index contributed by atoms with van der Waals surface area (Å²) in [4.78, 5) is 22.3. The van der Waals surface area contributed by atoms with Gasteiger partial charge >= 0.3 is 5.97 Å². The van der Waals surface area contributed by atoms with Gasteiger partial charge in [-0.3, -0.25) is 4.79 Å². The fourth-order valence-corrected chi connectivity index (χ4v) is 2.14. The molecule has 0 atom stereocenters. The third kappa shape index (κ3) is 7.50. The molecule has 0 bridgehead atoms. The lowest BCUT2D eigenvalue weighted by atomic mass is 10.2. The zero-order valence-electron chi connectivity index (χ0n) is 13.8. The van der Waals surface area contributed by atoms with Crippen molar-refractivity contribution in [3.63, 3.8) is 0 Å². The Morgan fingerprint density at radius 3 is 2.48 bits per heavy atom. The largest absolute Gasteiger partial charge is 0.482 e. The van der Waals surface area contributed by atoms with Gasteiger partial charge in [-0.1, -0.05) is 42.5 Å². The minimum absolute atomic E-state index is 0.00202. The first kappa shape index (κ1) is 18.5. The lowest BCUT2D eigenvalue weighted by Gasteiger charge is -2.08. The lowest BCUT2D eigenvalue weighted by molar-refractivity contribution is -0.139. The maximum atomic E-state index is 11.8. The molecule has 0 spiro atoms. The molecule has 2 aromatic rings. The Bertz CT molecular complexity index is 687. The number of nitrogens with one attached hydrogen (secondary N) is 1. The predicted molar refractivity (Wildman–Crippen MR) is 92.4 cm³/mol. The normalized spacial score (nSPS) is 10.2. The van der Waals surface area contributed by atoms with Gasteiger partial charge in [0.2, 0.25) is 5.91 Å². The number of rotatable bonds is 10. The van der Waals surface area contributed by atoms with Crippen LogP contribution < -0.4 is 10.1 Å². The molecule has 0 fully saturated rings. The van der Waals surface area contributed by atoms with E-state index >= 15 is 0 Å². The first-order valence-electron chi connectivity index (χ1n) is 7.95. The molecule has 2 aromatic carbocycles. The van der Waals surface area contributed by atoms with E-state index in [4.69, 9.17) is 14.6 Å². The van der Waals surface area contributed by atoms with Crippen LogP contribution in [-0.2, 0) is 27.3 Å². The van der Waals surface area contributed by atoms with Gasteiger partial charge in [-0.25, -0.2) is 4.79 Å². The molecular formula is C19H21NO5. The van der Waals surface area contributed by atoms with Crippen molar-refractivity contribution in [1.29, 1.82) is 0 Å². The van der Waals surface area contributed by atoms with E-state index in [1.165, 1.54) is 5.56 Å². The van der Waals surface area contributed by atoms with Crippen molar-refractivity contribution < 1.29 is 24.2 Å². The highest BCUT2D eigenvalue weighted by atomic mass is 16.5. The Kier molecular flexibility index (Phi) is 7.46. The van der Waals surface area contributed by atoms with Gasteiger partial charge in [0.1, 0.15) is 12.4 Å². The molecule has 132 valence electrons. The number of carboxylic acid groups (broad SMARTS) is 1. The van der Waals surface area contributed by atoms with Crippen molar-refractivity contribution in [3.05, 3.63) is 65.7 Å². The number of carboxylic acids is 1. The predicted octanol–water partition coefficient (Wildman–Crippen LogP) is 2.03. The van der Waals surface area contributed by atoms with Crippen LogP contribution in [0.15, 0.2) is 54.6 Å². The van der Waals surface area contributed by atoms with Crippen molar-refractivity contribution in [1.82, 2.24) is 5.32 Å². The van der Waals surface area contributed by atoms with Gasteiger partial charge in [-0.2, -0.15) is 0 Å². The second kappa shape index (κ2) is 10.1. The van der Waals surface area contributed by atoms with Crippen molar-refractivity contribution in [3.8, 4) is 5.75 Å². The maximum Gasteiger partial charge on any atom is 0.341 e. The van der Waals surface area contributed by atoms with Gasteiger partial charge in [-0.05, 0) is 29.7 Å². The minimum Gasteiger partial charge on any atom is -0.482 e. The smallest absolute Gasteiger partial charge is 0.341 e. The summed E-state index contributed by atoms with van der Waals surface area (Å²) in [6.45, 7) is 0.411. The van der Waals surface area contributed by atoms with E-state index in [1.54, 1.807) is 18.2 Å². The highest BCUT2D eigenvalue weighted by Gasteiger charge is 2.04. The summed E-state index contributed by atoms with van der Waals surface area (Å²) in [6, 6.07) is 16.9. The minimum atomic E-state index is -1.04. The molecular weight excluding hydrogens is 322 g/mol. The van der Waals surface area contributed by atoms with Crippen LogP contribution in [0.25, 0.3) is 0 Å². The van der Waals surface area contributed by atoms with Gasteiger partial charge in [0.25, 0.3) is 0 Å². The van der Waals surface area contributed by atoms with Gasteiger partial charge in [-0.15, -0.1) is 0 Å². The molecule has 2 N–H and O–H groups in total. The summed E-state index contributed by atoms with van der Waals surface area (Å²) in [5, 5.41) is 11.4. The first-order chi connectivity index (χ1) is 12.1. The highest BCUT2D eigenvalue weighted by Crippen LogP contribution is 2.13. The summed E-state index contributed by atoms with van der Waals surface area (Å²) >= 11 is 0. The molecule has 1 amide bonds. The third-order valence-electron chi connectivity index (χ3n) is 3.36. The summed E-state index contributed by atoms with van der Waals surface area (Å²) in [6.07, 6.45) is 0.761. The molecule has 0 saturated heterocycles. The number of carbonyl (C=O) groups is 2. The standard InChI is InChI=1S/C19H21NO5/c21-18(13-24-10-9-15-5-2-1-3-6-15)20-12-16-7-4-8-17(11-16)25-14-19(22)23/h1-8,11H,9-10,12-14H2,(H,20,21)(H,22,23). The third-order valence-corrected chi connectivity index (χ3v) is 3.36. The molecule has 0 aliphatic rings. The van der Waals surface area contributed by atoms with Gasteiger partial charge in [0.15, 0.2) is 6.61 Å².